The second-order valence-corrected chi connectivity index (χ2v) is 6.42. The predicted octanol–water partition coefficient (Wildman–Crippen LogP) is 5.13. The van der Waals surface area contributed by atoms with E-state index in [-0.39, 0.29) is 0 Å². The largest absolute Gasteiger partial charge is 0.490 e. The van der Waals surface area contributed by atoms with Crippen LogP contribution < -0.4 is 4.74 Å². The minimum atomic E-state index is 0.359. The van der Waals surface area contributed by atoms with Gasteiger partial charge in [-0.25, -0.2) is 0 Å². The standard InChI is InChI=1S/C17H17Cl2N3O3/c1-11-7-13(25-22-11)5-3-2-4-6-23-16-14(18)8-12(9-15(16)19)17-21-20-10-24-17/h7-10H,2-6H2,1H3. The molecule has 0 atom stereocenters. The second kappa shape index (κ2) is 8.36. The molecule has 0 spiro atoms. The molecule has 1 aromatic carbocycles. The average Bonchev–Trinajstić information content (AvgIpc) is 3.24. The Labute approximate surface area is 155 Å². The highest BCUT2D eigenvalue weighted by atomic mass is 35.5. The van der Waals surface area contributed by atoms with Crippen molar-refractivity contribution >= 4 is 23.2 Å². The highest BCUT2D eigenvalue weighted by Gasteiger charge is 2.13. The van der Waals surface area contributed by atoms with E-state index in [1.807, 2.05) is 13.0 Å². The molecule has 0 aliphatic heterocycles. The Morgan fingerprint density at radius 2 is 1.88 bits per heavy atom. The molecule has 3 rings (SSSR count). The summed E-state index contributed by atoms with van der Waals surface area (Å²) < 4.78 is 16.1. The maximum Gasteiger partial charge on any atom is 0.247 e. The summed E-state index contributed by atoms with van der Waals surface area (Å²) in [5, 5.41) is 12.2. The van der Waals surface area contributed by atoms with Crippen LogP contribution in [0.5, 0.6) is 5.75 Å². The quantitative estimate of drug-likeness (QED) is 0.503. The Morgan fingerprint density at radius 1 is 1.08 bits per heavy atom. The molecule has 8 heteroatoms. The number of hydrogen-bond donors (Lipinski definition) is 0. The number of halogens is 2. The first kappa shape index (κ1) is 17.8. The fourth-order valence-electron chi connectivity index (χ4n) is 2.41. The third-order valence-electron chi connectivity index (χ3n) is 3.60. The van der Waals surface area contributed by atoms with Gasteiger partial charge in [-0.1, -0.05) is 28.4 Å². The van der Waals surface area contributed by atoms with Gasteiger partial charge in [0.25, 0.3) is 0 Å². The normalized spacial score (nSPS) is 11.0. The smallest absolute Gasteiger partial charge is 0.247 e. The van der Waals surface area contributed by atoms with E-state index in [0.29, 0.717) is 33.9 Å². The SMILES string of the molecule is Cc1cc(CCCCCOc2c(Cl)cc(-c3nnco3)cc2Cl)on1. The highest BCUT2D eigenvalue weighted by molar-refractivity contribution is 6.37. The van der Waals surface area contributed by atoms with E-state index in [4.69, 9.17) is 36.9 Å². The van der Waals surface area contributed by atoms with Crippen LogP contribution in [-0.2, 0) is 6.42 Å². The molecule has 0 radical (unpaired) electrons. The molecule has 0 fully saturated rings. The zero-order valence-electron chi connectivity index (χ0n) is 13.7. The highest BCUT2D eigenvalue weighted by Crippen LogP contribution is 2.37. The van der Waals surface area contributed by atoms with E-state index >= 15 is 0 Å². The van der Waals surface area contributed by atoms with Gasteiger partial charge in [0, 0.05) is 18.1 Å². The van der Waals surface area contributed by atoms with Crippen LogP contribution in [0.15, 0.2) is 33.5 Å². The number of aryl methyl sites for hydroxylation is 2. The molecule has 132 valence electrons. The van der Waals surface area contributed by atoms with Gasteiger partial charge in [0.05, 0.1) is 22.3 Å². The molecule has 6 nitrogen and oxygen atoms in total. The summed E-state index contributed by atoms with van der Waals surface area (Å²) in [6.45, 7) is 2.45. The fraction of sp³-hybridized carbons (Fsp3) is 0.353. The lowest BCUT2D eigenvalue weighted by Crippen LogP contribution is -1.99. The summed E-state index contributed by atoms with van der Waals surface area (Å²) in [7, 11) is 0. The first-order valence-electron chi connectivity index (χ1n) is 7.94. The van der Waals surface area contributed by atoms with Crippen molar-refractivity contribution in [1.29, 1.82) is 0 Å². The van der Waals surface area contributed by atoms with Crippen LogP contribution in [0.1, 0.15) is 30.7 Å². The third kappa shape index (κ3) is 4.74. The predicted molar refractivity (Wildman–Crippen MR) is 94.0 cm³/mol. The Balaban J connectivity index is 1.46. The van der Waals surface area contributed by atoms with Crippen molar-refractivity contribution in [3.63, 3.8) is 0 Å². The number of rotatable bonds is 8. The third-order valence-corrected chi connectivity index (χ3v) is 4.16. The van der Waals surface area contributed by atoms with Gasteiger partial charge in [-0.15, -0.1) is 10.2 Å². The Morgan fingerprint density at radius 3 is 2.52 bits per heavy atom. The molecular weight excluding hydrogens is 365 g/mol. The lowest BCUT2D eigenvalue weighted by Gasteiger charge is -2.10. The van der Waals surface area contributed by atoms with Gasteiger partial charge in [0.15, 0.2) is 5.75 Å². The minimum Gasteiger partial charge on any atom is -0.490 e. The topological polar surface area (TPSA) is 74.2 Å². The van der Waals surface area contributed by atoms with Crippen LogP contribution in [0.4, 0.5) is 0 Å². The van der Waals surface area contributed by atoms with Gasteiger partial charge in [-0.2, -0.15) is 0 Å². The van der Waals surface area contributed by atoms with Crippen molar-refractivity contribution in [2.75, 3.05) is 6.61 Å². The van der Waals surface area contributed by atoms with Gasteiger partial charge in [0.2, 0.25) is 12.3 Å². The van der Waals surface area contributed by atoms with Crippen molar-refractivity contribution in [3.8, 4) is 17.2 Å². The van der Waals surface area contributed by atoms with Crippen LogP contribution in [0.3, 0.4) is 0 Å². The molecule has 3 aromatic rings. The molecule has 2 heterocycles. The van der Waals surface area contributed by atoms with Gasteiger partial charge in [0.1, 0.15) is 5.76 Å². The molecule has 2 aromatic heterocycles. The van der Waals surface area contributed by atoms with Crippen molar-refractivity contribution < 1.29 is 13.7 Å². The number of unbranched alkanes of at least 4 members (excludes halogenated alkanes) is 2. The molecular formula is C17H17Cl2N3O3. The molecule has 0 amide bonds. The van der Waals surface area contributed by atoms with E-state index in [0.717, 1.165) is 37.1 Å². The summed E-state index contributed by atoms with van der Waals surface area (Å²) in [5.41, 5.74) is 1.56. The lowest BCUT2D eigenvalue weighted by atomic mass is 10.1. The summed E-state index contributed by atoms with van der Waals surface area (Å²) in [6.07, 6.45) is 5.04. The summed E-state index contributed by atoms with van der Waals surface area (Å²) >= 11 is 12.5. The van der Waals surface area contributed by atoms with Gasteiger partial charge < -0.3 is 13.7 Å². The Hall–Kier alpha value is -2.05. The molecule has 0 aliphatic carbocycles. The number of hydrogen-bond acceptors (Lipinski definition) is 6. The van der Waals surface area contributed by atoms with Crippen LogP contribution in [0, 0.1) is 6.92 Å². The van der Waals surface area contributed by atoms with Crippen LogP contribution in [0.2, 0.25) is 10.0 Å². The van der Waals surface area contributed by atoms with Crippen LogP contribution in [0.25, 0.3) is 11.5 Å². The molecule has 25 heavy (non-hydrogen) atoms. The van der Waals surface area contributed by atoms with Crippen molar-refractivity contribution in [2.45, 2.75) is 32.6 Å². The van der Waals surface area contributed by atoms with Crippen LogP contribution >= 0.6 is 23.2 Å². The van der Waals surface area contributed by atoms with Crippen molar-refractivity contribution in [2.24, 2.45) is 0 Å². The molecule has 0 saturated heterocycles. The number of nitrogens with zero attached hydrogens (tertiary/aromatic N) is 3. The maximum atomic E-state index is 6.26. The van der Waals surface area contributed by atoms with Gasteiger partial charge in [-0.05, 0) is 38.3 Å². The summed E-state index contributed by atoms with van der Waals surface area (Å²) in [5.74, 6) is 1.75. The van der Waals surface area contributed by atoms with Gasteiger partial charge >= 0.3 is 0 Å². The Bertz CT molecular complexity index is 795. The zero-order chi connectivity index (χ0) is 17.6. The first-order valence-corrected chi connectivity index (χ1v) is 8.69. The molecule has 0 N–H and O–H groups in total. The second-order valence-electron chi connectivity index (χ2n) is 5.61. The average molecular weight is 382 g/mol. The molecule has 0 unspecified atom stereocenters. The van der Waals surface area contributed by atoms with E-state index < -0.39 is 0 Å². The summed E-state index contributed by atoms with van der Waals surface area (Å²) in [4.78, 5) is 0. The lowest BCUT2D eigenvalue weighted by molar-refractivity contribution is 0.303. The molecule has 0 bridgehead atoms. The first-order chi connectivity index (χ1) is 12.1. The zero-order valence-corrected chi connectivity index (χ0v) is 15.2. The van der Waals surface area contributed by atoms with Crippen LogP contribution in [-0.4, -0.2) is 22.0 Å². The van der Waals surface area contributed by atoms with E-state index in [1.165, 1.54) is 6.39 Å². The molecule has 0 saturated carbocycles. The van der Waals surface area contributed by atoms with E-state index in [9.17, 15) is 0 Å². The Kier molecular flexibility index (Phi) is 5.94. The van der Waals surface area contributed by atoms with E-state index in [2.05, 4.69) is 15.4 Å². The van der Waals surface area contributed by atoms with Crippen molar-refractivity contribution in [1.82, 2.24) is 15.4 Å². The van der Waals surface area contributed by atoms with E-state index in [1.54, 1.807) is 12.1 Å². The molecule has 0 aliphatic rings. The van der Waals surface area contributed by atoms with Gasteiger partial charge in [-0.3, -0.25) is 0 Å². The maximum absolute atomic E-state index is 6.26. The summed E-state index contributed by atoms with van der Waals surface area (Å²) in [6, 6.07) is 5.35. The minimum absolute atomic E-state index is 0.359. The number of benzene rings is 1. The van der Waals surface area contributed by atoms with Crippen molar-refractivity contribution in [3.05, 3.63) is 46.1 Å². The fourth-order valence-corrected chi connectivity index (χ4v) is 3.00. The number of ether oxygens (including phenoxy) is 1. The number of aromatic nitrogens is 3. The monoisotopic (exact) mass is 381 g/mol.